The van der Waals surface area contributed by atoms with E-state index in [4.69, 9.17) is 9.47 Å². The molecule has 8 atom stereocenters. The highest BCUT2D eigenvalue weighted by atomic mass is 16.5. The maximum atomic E-state index is 12.8. The van der Waals surface area contributed by atoms with Crippen molar-refractivity contribution in [1.82, 2.24) is 0 Å². The van der Waals surface area contributed by atoms with E-state index in [9.17, 15) is 14.7 Å². The Morgan fingerprint density at radius 1 is 0.970 bits per heavy atom. The van der Waals surface area contributed by atoms with Gasteiger partial charge in [0.2, 0.25) is 0 Å². The van der Waals surface area contributed by atoms with Gasteiger partial charge in [0.1, 0.15) is 12.2 Å². The molecule has 1 N–H and O–H groups in total. The van der Waals surface area contributed by atoms with Crippen molar-refractivity contribution in [1.29, 1.82) is 0 Å². The second-order valence-corrected chi connectivity index (χ2v) is 11.2. The van der Waals surface area contributed by atoms with E-state index in [0.29, 0.717) is 17.4 Å². The number of carbonyl (C=O) groups is 2. The van der Waals surface area contributed by atoms with Crippen LogP contribution in [0.25, 0.3) is 0 Å². The van der Waals surface area contributed by atoms with Gasteiger partial charge >= 0.3 is 11.9 Å². The molecule has 0 aliphatic heterocycles. The van der Waals surface area contributed by atoms with Crippen molar-refractivity contribution >= 4 is 11.9 Å². The highest BCUT2D eigenvalue weighted by Gasteiger charge is 2.61. The maximum Gasteiger partial charge on any atom is 0.338 e. The van der Waals surface area contributed by atoms with Crippen LogP contribution in [-0.4, -0.2) is 35.4 Å². The molecule has 0 amide bonds. The smallest absolute Gasteiger partial charge is 0.338 e. The molecule has 3 fully saturated rings. The largest absolute Gasteiger partial charge is 0.462 e. The lowest BCUT2D eigenvalue weighted by Gasteiger charge is -2.58. The van der Waals surface area contributed by atoms with E-state index in [1.54, 1.807) is 12.1 Å². The first kappa shape index (κ1) is 22.6. The predicted octanol–water partition coefficient (Wildman–Crippen LogP) is 5.08. The van der Waals surface area contributed by atoms with Crippen molar-refractivity contribution in [3.8, 4) is 0 Å². The second kappa shape index (κ2) is 8.26. The molecule has 0 saturated heterocycles. The summed E-state index contributed by atoms with van der Waals surface area (Å²) < 4.78 is 11.6. The van der Waals surface area contributed by atoms with Gasteiger partial charge in [-0.25, -0.2) is 4.79 Å². The first-order valence-corrected chi connectivity index (χ1v) is 12.5. The Kier molecular flexibility index (Phi) is 5.67. The Bertz CT molecular complexity index is 954. The summed E-state index contributed by atoms with van der Waals surface area (Å²) in [7, 11) is 0. The highest BCUT2D eigenvalue weighted by Crippen LogP contribution is 2.65. The molecule has 1 aromatic carbocycles. The molecule has 4 aliphatic carbocycles. The topological polar surface area (TPSA) is 72.8 Å². The lowest BCUT2D eigenvalue weighted by atomic mass is 9.47. The van der Waals surface area contributed by atoms with Gasteiger partial charge in [-0.15, -0.1) is 0 Å². The van der Waals surface area contributed by atoms with Crippen LogP contribution in [0.1, 0.15) is 76.1 Å². The zero-order valence-corrected chi connectivity index (χ0v) is 20.0. The van der Waals surface area contributed by atoms with Gasteiger partial charge in [0.15, 0.2) is 0 Å². The van der Waals surface area contributed by atoms with Gasteiger partial charge in [0.25, 0.3) is 0 Å². The third-order valence-electron chi connectivity index (χ3n) is 9.59. The first-order chi connectivity index (χ1) is 15.7. The molecule has 3 unspecified atom stereocenters. The van der Waals surface area contributed by atoms with Crippen LogP contribution in [0.5, 0.6) is 0 Å². The zero-order valence-electron chi connectivity index (χ0n) is 20.0. The summed E-state index contributed by atoms with van der Waals surface area (Å²) in [5.74, 6) is 0.455. The molecule has 0 heterocycles. The molecule has 3 saturated carbocycles. The van der Waals surface area contributed by atoms with Gasteiger partial charge in [-0.1, -0.05) is 43.7 Å². The highest BCUT2D eigenvalue weighted by molar-refractivity contribution is 5.89. The van der Waals surface area contributed by atoms with Crippen LogP contribution in [0, 0.1) is 28.6 Å². The minimum atomic E-state index is -0.498. The minimum absolute atomic E-state index is 0.0423. The van der Waals surface area contributed by atoms with E-state index in [0.717, 1.165) is 44.9 Å². The van der Waals surface area contributed by atoms with Crippen molar-refractivity contribution in [2.24, 2.45) is 28.6 Å². The fourth-order valence-electron chi connectivity index (χ4n) is 7.87. The summed E-state index contributed by atoms with van der Waals surface area (Å²) in [5.41, 5.74) is 1.80. The number of hydrogen-bond acceptors (Lipinski definition) is 5. The molecule has 0 spiro atoms. The van der Waals surface area contributed by atoms with Crippen LogP contribution in [0.2, 0.25) is 0 Å². The van der Waals surface area contributed by atoms with Gasteiger partial charge in [0.05, 0.1) is 11.7 Å². The van der Waals surface area contributed by atoms with Crippen LogP contribution in [0.3, 0.4) is 0 Å². The summed E-state index contributed by atoms with van der Waals surface area (Å²) in [6.07, 6.45) is 7.87. The number of rotatable bonds is 3. The average Bonchev–Trinajstić information content (AvgIpc) is 3.11. The molecule has 0 bridgehead atoms. The average molecular weight is 453 g/mol. The number of fused-ring (bicyclic) bond motifs is 5. The second-order valence-electron chi connectivity index (χ2n) is 11.2. The van der Waals surface area contributed by atoms with E-state index < -0.39 is 6.10 Å². The van der Waals surface area contributed by atoms with E-state index in [2.05, 4.69) is 19.9 Å². The van der Waals surface area contributed by atoms with E-state index in [1.165, 1.54) is 12.5 Å². The van der Waals surface area contributed by atoms with Crippen LogP contribution in [-0.2, 0) is 14.3 Å². The molecular formula is C28H36O5. The molecule has 5 nitrogen and oxygen atoms in total. The number of aliphatic hydroxyl groups is 1. The monoisotopic (exact) mass is 452 g/mol. The molecule has 0 aromatic heterocycles. The predicted molar refractivity (Wildman–Crippen MR) is 124 cm³/mol. The van der Waals surface area contributed by atoms with Crippen LogP contribution >= 0.6 is 0 Å². The number of ether oxygens (including phenoxy) is 2. The number of hydrogen-bond donors (Lipinski definition) is 1. The number of esters is 2. The van der Waals surface area contributed by atoms with E-state index >= 15 is 0 Å². The summed E-state index contributed by atoms with van der Waals surface area (Å²) in [5, 5.41) is 11.3. The van der Waals surface area contributed by atoms with Gasteiger partial charge in [-0.2, -0.15) is 0 Å². The SMILES string of the molecule is CC(=O)O[C@H]1CC[C@@]2(C)C(=C[C@H](O)C3C2CC[C@@]2(C)C3CC[C@@H]2OC(=O)c2ccccc2)C1. The van der Waals surface area contributed by atoms with Crippen molar-refractivity contribution in [2.75, 3.05) is 0 Å². The summed E-state index contributed by atoms with van der Waals surface area (Å²) in [6, 6.07) is 9.23. The van der Waals surface area contributed by atoms with Crippen LogP contribution in [0.4, 0.5) is 0 Å². The Balaban J connectivity index is 1.37. The molecule has 5 heteroatoms. The standard InChI is InChI=1S/C28H36O5/c1-17(29)32-20-11-13-27(2)19(15-20)16-23(30)25-21-9-10-24(28(21,3)14-12-22(25)27)33-26(31)18-7-5-4-6-8-18/h4-8,16,20-25,30H,9-15H2,1-3H3/t20-,21?,22?,23-,24-,25?,27-,28-/m0/s1. The fourth-order valence-corrected chi connectivity index (χ4v) is 7.87. The van der Waals surface area contributed by atoms with Crippen LogP contribution < -0.4 is 0 Å². The molecule has 4 aliphatic rings. The van der Waals surface area contributed by atoms with Gasteiger partial charge in [-0.3, -0.25) is 4.79 Å². The third-order valence-corrected chi connectivity index (χ3v) is 9.59. The zero-order chi connectivity index (χ0) is 23.4. The molecular weight excluding hydrogens is 416 g/mol. The maximum absolute atomic E-state index is 12.8. The molecule has 0 radical (unpaired) electrons. The lowest BCUT2D eigenvalue weighted by Crippen LogP contribution is -2.55. The van der Waals surface area contributed by atoms with Crippen molar-refractivity contribution in [3.63, 3.8) is 0 Å². The Morgan fingerprint density at radius 3 is 2.45 bits per heavy atom. The number of aliphatic hydroxyl groups excluding tert-OH is 1. The summed E-state index contributed by atoms with van der Waals surface area (Å²) in [6.45, 7) is 6.10. The quantitative estimate of drug-likeness (QED) is 0.512. The van der Waals surface area contributed by atoms with Crippen molar-refractivity contribution in [3.05, 3.63) is 47.5 Å². The van der Waals surface area contributed by atoms with E-state index in [-0.39, 0.29) is 40.9 Å². The molecule has 178 valence electrons. The Hall–Kier alpha value is -2.14. The minimum Gasteiger partial charge on any atom is -0.462 e. The summed E-state index contributed by atoms with van der Waals surface area (Å²) >= 11 is 0. The van der Waals surface area contributed by atoms with E-state index in [1.807, 2.05) is 18.2 Å². The molecule has 5 rings (SSSR count). The third kappa shape index (κ3) is 3.73. The first-order valence-electron chi connectivity index (χ1n) is 12.5. The normalized spacial score (nSPS) is 41.8. The van der Waals surface area contributed by atoms with Gasteiger partial charge < -0.3 is 14.6 Å². The Morgan fingerprint density at radius 2 is 1.73 bits per heavy atom. The van der Waals surface area contributed by atoms with Crippen molar-refractivity contribution < 1.29 is 24.2 Å². The number of benzene rings is 1. The Labute approximate surface area is 196 Å². The van der Waals surface area contributed by atoms with Gasteiger partial charge in [-0.05, 0) is 73.8 Å². The summed E-state index contributed by atoms with van der Waals surface area (Å²) in [4.78, 5) is 24.3. The lowest BCUT2D eigenvalue weighted by molar-refractivity contribution is -0.149. The molecule has 1 aromatic rings. The molecule has 33 heavy (non-hydrogen) atoms. The van der Waals surface area contributed by atoms with Crippen LogP contribution in [0.15, 0.2) is 42.0 Å². The fraction of sp³-hybridized carbons (Fsp3) is 0.643. The van der Waals surface area contributed by atoms with Crippen molar-refractivity contribution in [2.45, 2.75) is 84.0 Å². The number of carbonyl (C=O) groups excluding carboxylic acids is 2. The van der Waals surface area contributed by atoms with Gasteiger partial charge in [0, 0.05) is 18.8 Å².